The fraction of sp³-hybridized carbons (Fsp3) is 0.500. The van der Waals surface area contributed by atoms with Gasteiger partial charge in [0.1, 0.15) is 11.6 Å². The highest BCUT2D eigenvalue weighted by atomic mass is 16.5. The van der Waals surface area contributed by atoms with Gasteiger partial charge >= 0.3 is 0 Å². The molecule has 3 rings (SSSR count). The Labute approximate surface area is 148 Å². The Morgan fingerprint density at radius 1 is 1.24 bits per heavy atom. The van der Waals surface area contributed by atoms with Crippen molar-refractivity contribution in [1.29, 1.82) is 0 Å². The zero-order valence-corrected chi connectivity index (χ0v) is 15.1. The Balaban J connectivity index is 1.69. The maximum absolute atomic E-state index is 12.5. The van der Waals surface area contributed by atoms with Gasteiger partial charge in [0.15, 0.2) is 0 Å². The molecule has 0 saturated carbocycles. The average molecular weight is 343 g/mol. The second-order valence-corrected chi connectivity index (χ2v) is 6.78. The zero-order chi connectivity index (χ0) is 18.0. The first kappa shape index (κ1) is 17.4. The number of pyridine rings is 1. The molecule has 0 radical (unpaired) electrons. The number of nitrogens with zero attached hydrogens (tertiary/aromatic N) is 4. The van der Waals surface area contributed by atoms with Gasteiger partial charge in [-0.2, -0.15) is 5.10 Å². The van der Waals surface area contributed by atoms with Gasteiger partial charge in [-0.15, -0.1) is 0 Å². The number of amides is 1. The first-order chi connectivity index (χ1) is 11.9. The van der Waals surface area contributed by atoms with E-state index in [2.05, 4.69) is 34.1 Å². The fourth-order valence-electron chi connectivity index (χ4n) is 3.09. The van der Waals surface area contributed by atoms with Crippen LogP contribution in [0.25, 0.3) is 0 Å². The molecule has 2 aromatic heterocycles. The smallest absolute Gasteiger partial charge is 0.258 e. The lowest BCUT2D eigenvalue weighted by Gasteiger charge is -2.36. The fourth-order valence-corrected chi connectivity index (χ4v) is 3.09. The predicted molar refractivity (Wildman–Crippen MR) is 97.0 cm³/mol. The summed E-state index contributed by atoms with van der Waals surface area (Å²) in [5.74, 6) is 1.36. The topological polar surface area (TPSA) is 72.3 Å². The molecule has 1 saturated heterocycles. The summed E-state index contributed by atoms with van der Waals surface area (Å²) in [5.41, 5.74) is 0.523. The Morgan fingerprint density at radius 2 is 1.96 bits per heavy atom. The summed E-state index contributed by atoms with van der Waals surface area (Å²) >= 11 is 0. The predicted octanol–water partition coefficient (Wildman–Crippen LogP) is 2.72. The third-order valence-electron chi connectivity index (χ3n) is 4.15. The monoisotopic (exact) mass is 343 g/mol. The summed E-state index contributed by atoms with van der Waals surface area (Å²) in [6.45, 7) is 9.75. The number of morpholine rings is 1. The van der Waals surface area contributed by atoms with Gasteiger partial charge in [-0.3, -0.25) is 4.79 Å². The second kappa shape index (κ2) is 7.23. The number of rotatable bonds is 4. The van der Waals surface area contributed by atoms with E-state index in [1.54, 1.807) is 29.2 Å². The van der Waals surface area contributed by atoms with Crippen LogP contribution in [0, 0.1) is 0 Å². The van der Waals surface area contributed by atoms with Crippen LogP contribution in [0.1, 0.15) is 44.1 Å². The number of anilines is 2. The van der Waals surface area contributed by atoms with Gasteiger partial charge in [0.05, 0.1) is 24.0 Å². The average Bonchev–Trinajstić information content (AvgIpc) is 3.02. The van der Waals surface area contributed by atoms with Gasteiger partial charge in [-0.1, -0.05) is 0 Å². The SMILES string of the molecule is CC1CN(c2ccc(C(=O)Nc3ccnn3C(C)C)cn2)CC(C)O1. The van der Waals surface area contributed by atoms with Gasteiger partial charge in [0.2, 0.25) is 0 Å². The molecule has 7 nitrogen and oxygen atoms in total. The molecular formula is C18H25N5O2. The molecule has 0 spiro atoms. The van der Waals surface area contributed by atoms with Crippen molar-refractivity contribution in [3.63, 3.8) is 0 Å². The molecule has 2 aromatic rings. The Kier molecular flexibility index (Phi) is 5.03. The summed E-state index contributed by atoms with van der Waals surface area (Å²) in [7, 11) is 0. The normalized spacial score (nSPS) is 20.8. The van der Waals surface area contributed by atoms with E-state index in [4.69, 9.17) is 4.74 Å². The van der Waals surface area contributed by atoms with Gasteiger partial charge in [0, 0.05) is 31.4 Å². The van der Waals surface area contributed by atoms with Gasteiger partial charge in [0.25, 0.3) is 5.91 Å². The summed E-state index contributed by atoms with van der Waals surface area (Å²) in [4.78, 5) is 19.1. The molecule has 2 unspecified atom stereocenters. The lowest BCUT2D eigenvalue weighted by atomic mass is 10.2. The molecule has 1 N–H and O–H groups in total. The summed E-state index contributed by atoms with van der Waals surface area (Å²) < 4.78 is 7.52. The highest BCUT2D eigenvalue weighted by molar-refractivity contribution is 6.03. The van der Waals surface area contributed by atoms with Crippen LogP contribution in [0.3, 0.4) is 0 Å². The number of carbonyl (C=O) groups is 1. The minimum atomic E-state index is -0.190. The van der Waals surface area contributed by atoms with Crippen molar-refractivity contribution < 1.29 is 9.53 Å². The second-order valence-electron chi connectivity index (χ2n) is 6.78. The molecule has 0 bridgehead atoms. The number of ether oxygens (including phenoxy) is 1. The van der Waals surface area contributed by atoms with Gasteiger partial charge < -0.3 is 15.0 Å². The van der Waals surface area contributed by atoms with E-state index in [9.17, 15) is 4.79 Å². The van der Waals surface area contributed by atoms with E-state index >= 15 is 0 Å². The number of carbonyl (C=O) groups excluding carboxylic acids is 1. The first-order valence-corrected chi connectivity index (χ1v) is 8.65. The van der Waals surface area contributed by atoms with Crippen molar-refractivity contribution in [2.45, 2.75) is 45.9 Å². The maximum atomic E-state index is 12.5. The summed E-state index contributed by atoms with van der Waals surface area (Å²) in [6.07, 6.45) is 3.64. The zero-order valence-electron chi connectivity index (χ0n) is 15.1. The van der Waals surface area contributed by atoms with Crippen molar-refractivity contribution in [1.82, 2.24) is 14.8 Å². The van der Waals surface area contributed by atoms with Crippen LogP contribution in [0.5, 0.6) is 0 Å². The van der Waals surface area contributed by atoms with Crippen molar-refractivity contribution in [3.05, 3.63) is 36.2 Å². The standard InChI is InChI=1S/C18H25N5O2/c1-12(2)23-17(7-8-20-23)21-18(24)15-5-6-16(19-9-15)22-10-13(3)25-14(4)11-22/h5-9,12-14H,10-11H2,1-4H3,(H,21,24). The summed E-state index contributed by atoms with van der Waals surface area (Å²) in [6, 6.07) is 5.66. The molecule has 1 amide bonds. The van der Waals surface area contributed by atoms with Crippen molar-refractivity contribution in [2.24, 2.45) is 0 Å². The molecule has 1 aliphatic rings. The Morgan fingerprint density at radius 3 is 2.56 bits per heavy atom. The molecule has 134 valence electrons. The van der Waals surface area contributed by atoms with E-state index in [0.717, 1.165) is 18.9 Å². The van der Waals surface area contributed by atoms with Crippen molar-refractivity contribution in [3.8, 4) is 0 Å². The van der Waals surface area contributed by atoms with E-state index in [1.165, 1.54) is 0 Å². The molecule has 7 heteroatoms. The van der Waals surface area contributed by atoms with Crippen molar-refractivity contribution in [2.75, 3.05) is 23.3 Å². The summed E-state index contributed by atoms with van der Waals surface area (Å²) in [5, 5.41) is 7.11. The molecule has 3 heterocycles. The highest BCUT2D eigenvalue weighted by Gasteiger charge is 2.23. The largest absolute Gasteiger partial charge is 0.372 e. The van der Waals surface area contributed by atoms with Gasteiger partial charge in [-0.25, -0.2) is 9.67 Å². The van der Waals surface area contributed by atoms with Crippen LogP contribution in [0.4, 0.5) is 11.6 Å². The first-order valence-electron chi connectivity index (χ1n) is 8.65. The molecule has 25 heavy (non-hydrogen) atoms. The van der Waals surface area contributed by atoms with Crippen LogP contribution in [-0.4, -0.2) is 46.0 Å². The van der Waals surface area contributed by atoms with Crippen LogP contribution in [0.15, 0.2) is 30.6 Å². The minimum Gasteiger partial charge on any atom is -0.372 e. The lowest BCUT2D eigenvalue weighted by Crippen LogP contribution is -2.45. The molecule has 0 aromatic carbocycles. The van der Waals surface area contributed by atoms with E-state index in [1.807, 2.05) is 19.9 Å². The molecule has 1 aliphatic heterocycles. The van der Waals surface area contributed by atoms with E-state index in [0.29, 0.717) is 11.4 Å². The third kappa shape index (κ3) is 3.99. The van der Waals surface area contributed by atoms with Crippen LogP contribution in [0.2, 0.25) is 0 Å². The number of hydrogen-bond donors (Lipinski definition) is 1. The quantitative estimate of drug-likeness (QED) is 0.924. The molecular weight excluding hydrogens is 318 g/mol. The van der Waals surface area contributed by atoms with E-state index < -0.39 is 0 Å². The van der Waals surface area contributed by atoms with Crippen LogP contribution >= 0.6 is 0 Å². The molecule has 2 atom stereocenters. The van der Waals surface area contributed by atoms with Gasteiger partial charge in [-0.05, 0) is 39.8 Å². The molecule has 1 fully saturated rings. The highest BCUT2D eigenvalue weighted by Crippen LogP contribution is 2.19. The number of aromatic nitrogens is 3. The van der Waals surface area contributed by atoms with Crippen LogP contribution in [-0.2, 0) is 4.74 Å². The lowest BCUT2D eigenvalue weighted by molar-refractivity contribution is -0.00546. The third-order valence-corrected chi connectivity index (χ3v) is 4.15. The van der Waals surface area contributed by atoms with Crippen molar-refractivity contribution >= 4 is 17.5 Å². The Hall–Kier alpha value is -2.41. The number of nitrogens with one attached hydrogen (secondary N) is 1. The number of hydrogen-bond acceptors (Lipinski definition) is 5. The minimum absolute atomic E-state index is 0.171. The maximum Gasteiger partial charge on any atom is 0.258 e. The van der Waals surface area contributed by atoms with E-state index in [-0.39, 0.29) is 24.2 Å². The van der Waals surface area contributed by atoms with Crippen LogP contribution < -0.4 is 10.2 Å². The Bertz CT molecular complexity index is 715. The molecule has 0 aliphatic carbocycles.